The Morgan fingerprint density at radius 3 is 1.12 bits per heavy atom. The highest BCUT2D eigenvalue weighted by molar-refractivity contribution is 5.89. The molecule has 2 heterocycles. The molecule has 0 radical (unpaired) electrons. The van der Waals surface area contributed by atoms with E-state index in [2.05, 4.69) is 146 Å². The first-order valence-corrected chi connectivity index (χ1v) is 19.5. The maximum atomic E-state index is 5.18. The maximum Gasteiger partial charge on any atom is 0.164 e. The third kappa shape index (κ3) is 7.18. The molecule has 272 valence electrons. The molecule has 0 amide bonds. The lowest BCUT2D eigenvalue weighted by Gasteiger charge is -2.14. The molecule has 0 aliphatic rings. The van der Waals surface area contributed by atoms with Crippen molar-refractivity contribution >= 4 is 10.8 Å². The Balaban J connectivity index is 1.11. The van der Waals surface area contributed by atoms with Gasteiger partial charge in [-0.25, -0.2) is 19.9 Å². The molecule has 0 N–H and O–H groups in total. The second-order valence-corrected chi connectivity index (χ2v) is 14.3. The molecular formula is C54H36N4. The van der Waals surface area contributed by atoms with Crippen LogP contribution in [0.4, 0.5) is 0 Å². The van der Waals surface area contributed by atoms with Crippen LogP contribution in [-0.2, 0) is 0 Å². The summed E-state index contributed by atoms with van der Waals surface area (Å²) in [6, 6.07) is 76.0. The van der Waals surface area contributed by atoms with Crippen LogP contribution in [-0.4, -0.2) is 19.9 Å². The van der Waals surface area contributed by atoms with E-state index >= 15 is 0 Å². The molecule has 0 fully saturated rings. The summed E-state index contributed by atoms with van der Waals surface area (Å²) >= 11 is 0. The monoisotopic (exact) mass is 740 g/mol. The van der Waals surface area contributed by atoms with Gasteiger partial charge in [0.2, 0.25) is 0 Å². The van der Waals surface area contributed by atoms with Gasteiger partial charge in [-0.15, -0.1) is 0 Å². The average Bonchev–Trinajstić information content (AvgIpc) is 3.32. The molecule has 2 aromatic heterocycles. The van der Waals surface area contributed by atoms with Crippen LogP contribution >= 0.6 is 0 Å². The highest BCUT2D eigenvalue weighted by Gasteiger charge is 2.16. The van der Waals surface area contributed by atoms with Crippen molar-refractivity contribution < 1.29 is 0 Å². The lowest BCUT2D eigenvalue weighted by molar-refractivity contribution is 1.07. The molecule has 0 saturated heterocycles. The molecule has 4 heteroatoms. The van der Waals surface area contributed by atoms with E-state index in [4.69, 9.17) is 19.9 Å². The molecular weight excluding hydrogens is 705 g/mol. The van der Waals surface area contributed by atoms with Gasteiger partial charge in [-0.2, -0.15) is 0 Å². The van der Waals surface area contributed by atoms with Crippen molar-refractivity contribution in [2.75, 3.05) is 0 Å². The molecule has 0 aliphatic heterocycles. The molecule has 0 spiro atoms. The zero-order valence-corrected chi connectivity index (χ0v) is 31.6. The summed E-state index contributed by atoms with van der Waals surface area (Å²) in [5.74, 6) is 1.88. The number of nitrogens with zero attached hydrogens (tertiary/aromatic N) is 4. The molecule has 10 rings (SSSR count). The van der Waals surface area contributed by atoms with Crippen LogP contribution in [0.5, 0.6) is 0 Å². The van der Waals surface area contributed by atoms with Crippen LogP contribution in [0.3, 0.4) is 0 Å². The highest BCUT2D eigenvalue weighted by atomic mass is 15.0. The Bertz CT molecular complexity index is 2900. The summed E-state index contributed by atoms with van der Waals surface area (Å²) in [6.07, 6.45) is 0. The fourth-order valence-corrected chi connectivity index (χ4v) is 7.46. The van der Waals surface area contributed by atoms with Crippen LogP contribution in [0.25, 0.3) is 101 Å². The lowest BCUT2D eigenvalue weighted by Crippen LogP contribution is -2.00. The first-order chi connectivity index (χ1) is 28.7. The first-order valence-electron chi connectivity index (χ1n) is 19.5. The Kier molecular flexibility index (Phi) is 9.18. The van der Waals surface area contributed by atoms with Gasteiger partial charge in [-0.05, 0) is 80.6 Å². The Hall–Kier alpha value is -7.82. The minimum absolute atomic E-state index is 0.614. The molecule has 8 aromatic carbocycles. The van der Waals surface area contributed by atoms with E-state index in [0.717, 1.165) is 72.6 Å². The van der Waals surface area contributed by atoms with Crippen molar-refractivity contribution in [3.63, 3.8) is 0 Å². The normalized spacial score (nSPS) is 11.1. The Labute approximate surface area is 337 Å². The van der Waals surface area contributed by atoms with Crippen LogP contribution in [0.1, 0.15) is 0 Å². The average molecular weight is 741 g/mol. The number of benzene rings is 8. The van der Waals surface area contributed by atoms with Crippen molar-refractivity contribution in [3.8, 4) is 90.1 Å². The van der Waals surface area contributed by atoms with E-state index in [1.54, 1.807) is 0 Å². The minimum Gasteiger partial charge on any atom is -0.248 e. The smallest absolute Gasteiger partial charge is 0.164 e. The van der Waals surface area contributed by atoms with Crippen LogP contribution in [0, 0.1) is 0 Å². The molecule has 58 heavy (non-hydrogen) atoms. The number of hydrogen-bond acceptors (Lipinski definition) is 4. The van der Waals surface area contributed by atoms with Gasteiger partial charge in [0.15, 0.2) is 17.5 Å². The molecule has 0 unspecified atom stereocenters. The lowest BCUT2D eigenvalue weighted by atomic mass is 9.93. The van der Waals surface area contributed by atoms with Crippen molar-refractivity contribution in [1.29, 1.82) is 0 Å². The van der Waals surface area contributed by atoms with Crippen LogP contribution < -0.4 is 0 Å². The van der Waals surface area contributed by atoms with Crippen molar-refractivity contribution in [1.82, 2.24) is 19.9 Å². The first kappa shape index (κ1) is 34.7. The molecule has 0 atom stereocenters. The summed E-state index contributed by atoms with van der Waals surface area (Å²) in [4.78, 5) is 20.4. The molecule has 10 aromatic rings. The number of hydrogen-bond donors (Lipinski definition) is 0. The van der Waals surface area contributed by atoms with Gasteiger partial charge in [0.25, 0.3) is 0 Å². The summed E-state index contributed by atoms with van der Waals surface area (Å²) in [5.41, 5.74) is 13.4. The number of fused-ring (bicyclic) bond motifs is 1. The van der Waals surface area contributed by atoms with Crippen molar-refractivity contribution in [2.45, 2.75) is 0 Å². The van der Waals surface area contributed by atoms with Gasteiger partial charge in [0.05, 0.1) is 11.4 Å². The third-order valence-corrected chi connectivity index (χ3v) is 10.5. The van der Waals surface area contributed by atoms with Crippen LogP contribution in [0.15, 0.2) is 218 Å². The van der Waals surface area contributed by atoms with Gasteiger partial charge < -0.3 is 0 Å². The second-order valence-electron chi connectivity index (χ2n) is 14.3. The SMILES string of the molecule is c1ccc(-c2cc(-c3ccccc3)nc(-c3ccc(-c4cc(-c5ccc6ccccc6c5)cc(-c5nc(-c6ccccc6)nc(-c6ccccc6)n5)c4)cc3)c2)cc1. The predicted molar refractivity (Wildman–Crippen MR) is 239 cm³/mol. The van der Waals surface area contributed by atoms with E-state index in [1.165, 1.54) is 10.8 Å². The zero-order chi connectivity index (χ0) is 38.7. The van der Waals surface area contributed by atoms with E-state index in [0.29, 0.717) is 17.5 Å². The Morgan fingerprint density at radius 2 is 0.552 bits per heavy atom. The number of pyridine rings is 1. The van der Waals surface area contributed by atoms with Gasteiger partial charge in [-0.3, -0.25) is 0 Å². The number of rotatable bonds is 8. The minimum atomic E-state index is 0.614. The van der Waals surface area contributed by atoms with E-state index < -0.39 is 0 Å². The fourth-order valence-electron chi connectivity index (χ4n) is 7.46. The quantitative estimate of drug-likeness (QED) is 0.156. The molecule has 0 bridgehead atoms. The molecule has 0 saturated carbocycles. The van der Waals surface area contributed by atoms with Gasteiger partial charge in [0.1, 0.15) is 0 Å². The molecule has 0 aliphatic carbocycles. The summed E-state index contributed by atoms with van der Waals surface area (Å²) in [5, 5.41) is 2.39. The largest absolute Gasteiger partial charge is 0.248 e. The predicted octanol–water partition coefficient (Wildman–Crippen LogP) is 13.8. The Morgan fingerprint density at radius 1 is 0.190 bits per heavy atom. The summed E-state index contributed by atoms with van der Waals surface area (Å²) < 4.78 is 0. The van der Waals surface area contributed by atoms with Gasteiger partial charge in [-0.1, -0.05) is 182 Å². The summed E-state index contributed by atoms with van der Waals surface area (Å²) in [6.45, 7) is 0. The van der Waals surface area contributed by atoms with Crippen molar-refractivity contribution in [3.05, 3.63) is 218 Å². The van der Waals surface area contributed by atoms with E-state index in [9.17, 15) is 0 Å². The number of aromatic nitrogens is 4. The van der Waals surface area contributed by atoms with E-state index in [1.807, 2.05) is 72.8 Å². The van der Waals surface area contributed by atoms with E-state index in [-0.39, 0.29) is 0 Å². The van der Waals surface area contributed by atoms with Gasteiger partial charge >= 0.3 is 0 Å². The zero-order valence-electron chi connectivity index (χ0n) is 31.6. The van der Waals surface area contributed by atoms with Crippen molar-refractivity contribution in [2.24, 2.45) is 0 Å². The standard InChI is InChI=1S/C54H36N4/c1-5-15-37(16-6-1)48-35-50(40-18-7-2-8-19-40)55-51(36-48)41-28-25-39(26-29-41)46-32-47(45-30-27-38-17-13-14-24-44(38)31-45)34-49(33-46)54-57-52(42-20-9-3-10-21-42)56-53(58-54)43-22-11-4-12-23-43/h1-36H. The highest BCUT2D eigenvalue weighted by Crippen LogP contribution is 2.36. The topological polar surface area (TPSA) is 51.6 Å². The summed E-state index contributed by atoms with van der Waals surface area (Å²) in [7, 11) is 0. The maximum absolute atomic E-state index is 5.18. The van der Waals surface area contributed by atoms with Gasteiger partial charge in [0, 0.05) is 27.8 Å². The molecule has 4 nitrogen and oxygen atoms in total. The fraction of sp³-hybridized carbons (Fsp3) is 0. The second kappa shape index (κ2) is 15.4. The third-order valence-electron chi connectivity index (χ3n) is 10.5. The van der Waals surface area contributed by atoms with Crippen LogP contribution in [0.2, 0.25) is 0 Å².